The summed E-state index contributed by atoms with van der Waals surface area (Å²) in [5.41, 5.74) is 5.27. The molecule has 2 aliphatic rings. The maximum absolute atomic E-state index is 4.69. The van der Waals surface area contributed by atoms with Gasteiger partial charge in [0, 0.05) is 36.4 Å². The molecule has 1 saturated heterocycles. The Hall–Kier alpha value is -2.66. The van der Waals surface area contributed by atoms with E-state index in [9.17, 15) is 0 Å². The van der Waals surface area contributed by atoms with Gasteiger partial charge in [-0.05, 0) is 68.8 Å². The summed E-state index contributed by atoms with van der Waals surface area (Å²) < 4.78 is 2.13. The molecule has 0 atom stereocenters. The van der Waals surface area contributed by atoms with Crippen molar-refractivity contribution in [2.45, 2.75) is 39.0 Å². The van der Waals surface area contributed by atoms with Crippen LogP contribution in [-0.4, -0.2) is 39.1 Å². The van der Waals surface area contributed by atoms with Crippen molar-refractivity contribution >= 4 is 16.6 Å². The van der Waals surface area contributed by atoms with Gasteiger partial charge in [0.15, 0.2) is 0 Å². The van der Waals surface area contributed by atoms with Gasteiger partial charge in [0.1, 0.15) is 11.6 Å². The van der Waals surface area contributed by atoms with E-state index in [4.69, 9.17) is 4.98 Å². The van der Waals surface area contributed by atoms with Gasteiger partial charge in [-0.3, -0.25) is 4.90 Å². The number of fused-ring (bicyclic) bond motifs is 1. The zero-order chi connectivity index (χ0) is 19.8. The summed E-state index contributed by atoms with van der Waals surface area (Å²) in [5, 5.41) is 6.03. The molecule has 1 aromatic carbocycles. The molecule has 0 radical (unpaired) electrons. The fourth-order valence-electron chi connectivity index (χ4n) is 4.24. The normalized spacial score (nSPS) is 17.0. The monoisotopic (exact) mass is 387 g/mol. The van der Waals surface area contributed by atoms with Gasteiger partial charge in [-0.2, -0.15) is 0 Å². The molecule has 1 aliphatic carbocycles. The number of aromatic nitrogens is 3. The Labute approximate surface area is 172 Å². The molecule has 3 heterocycles. The van der Waals surface area contributed by atoms with Crippen LogP contribution in [0.3, 0.4) is 0 Å². The molecule has 1 saturated carbocycles. The van der Waals surface area contributed by atoms with Gasteiger partial charge in [-0.1, -0.05) is 18.6 Å². The third kappa shape index (κ3) is 3.92. The van der Waals surface area contributed by atoms with Crippen molar-refractivity contribution in [1.29, 1.82) is 0 Å². The first-order valence-corrected chi connectivity index (χ1v) is 10.8. The Morgan fingerprint density at radius 2 is 1.83 bits per heavy atom. The molecule has 0 spiro atoms. The largest absolute Gasteiger partial charge is 0.343 e. The lowest BCUT2D eigenvalue weighted by Crippen LogP contribution is -2.33. The van der Waals surface area contributed by atoms with Crippen LogP contribution >= 0.6 is 0 Å². The highest BCUT2D eigenvalue weighted by Gasteiger charge is 2.21. The third-order valence-corrected chi connectivity index (χ3v) is 6.27. The molecule has 29 heavy (non-hydrogen) atoms. The first-order valence-electron chi connectivity index (χ1n) is 10.8. The minimum Gasteiger partial charge on any atom is -0.343 e. The van der Waals surface area contributed by atoms with Gasteiger partial charge in [-0.25, -0.2) is 9.97 Å². The fourth-order valence-corrected chi connectivity index (χ4v) is 4.24. The number of nitrogens with one attached hydrogen (secondary N) is 1. The molecule has 0 amide bonds. The SMILES string of the molecule is Cc1ncc(-c2ccc3cnc(NC(CN4CCCCC4)=C4CC4)cc3c2)n1C. The number of likely N-dealkylation sites (tertiary alicyclic amines) is 1. The van der Waals surface area contributed by atoms with E-state index in [-0.39, 0.29) is 0 Å². The van der Waals surface area contributed by atoms with Crippen LogP contribution in [0.25, 0.3) is 22.0 Å². The molecule has 5 heteroatoms. The number of nitrogens with zero attached hydrogens (tertiary/aromatic N) is 4. The average Bonchev–Trinajstić information content (AvgIpc) is 3.54. The van der Waals surface area contributed by atoms with Gasteiger partial charge < -0.3 is 9.88 Å². The lowest BCUT2D eigenvalue weighted by atomic mass is 10.1. The maximum atomic E-state index is 4.69. The molecule has 150 valence electrons. The predicted molar refractivity (Wildman–Crippen MR) is 119 cm³/mol. The van der Waals surface area contributed by atoms with Crippen LogP contribution in [0.15, 0.2) is 47.9 Å². The van der Waals surface area contributed by atoms with Gasteiger partial charge in [-0.15, -0.1) is 0 Å². The number of pyridine rings is 1. The molecule has 0 bridgehead atoms. The molecule has 5 rings (SSSR count). The molecule has 1 N–H and O–H groups in total. The zero-order valence-electron chi connectivity index (χ0n) is 17.4. The Morgan fingerprint density at radius 3 is 2.55 bits per heavy atom. The maximum Gasteiger partial charge on any atom is 0.130 e. The second-order valence-corrected chi connectivity index (χ2v) is 8.43. The highest BCUT2D eigenvalue weighted by Crippen LogP contribution is 2.33. The molecule has 2 aromatic heterocycles. The summed E-state index contributed by atoms with van der Waals surface area (Å²) in [6, 6.07) is 8.73. The zero-order valence-corrected chi connectivity index (χ0v) is 17.4. The van der Waals surface area contributed by atoms with E-state index in [1.807, 2.05) is 19.3 Å². The first kappa shape index (κ1) is 18.4. The van der Waals surface area contributed by atoms with E-state index in [0.29, 0.717) is 0 Å². The van der Waals surface area contributed by atoms with Gasteiger partial charge in [0.2, 0.25) is 0 Å². The quantitative estimate of drug-likeness (QED) is 0.677. The first-order chi connectivity index (χ1) is 14.2. The van der Waals surface area contributed by atoms with E-state index in [0.717, 1.165) is 29.3 Å². The van der Waals surface area contributed by atoms with Crippen LogP contribution in [0.5, 0.6) is 0 Å². The standard InChI is InChI=1S/C24H29N5/c1-17-25-15-23(28(17)2)19-8-9-20-14-26-24(13-21(20)12-19)27-22(18-6-7-18)16-29-10-4-3-5-11-29/h8-9,12-15H,3-7,10-11,16H2,1-2H3,(H,26,27). The topological polar surface area (TPSA) is 46.0 Å². The summed E-state index contributed by atoms with van der Waals surface area (Å²) in [6.07, 6.45) is 10.4. The minimum atomic E-state index is 0.947. The number of benzene rings is 1. The molecule has 3 aromatic rings. The number of hydrogen-bond donors (Lipinski definition) is 1. The molecule has 2 fully saturated rings. The second kappa shape index (κ2) is 7.64. The van der Waals surface area contributed by atoms with Gasteiger partial charge in [0.05, 0.1) is 11.9 Å². The van der Waals surface area contributed by atoms with Crippen molar-refractivity contribution < 1.29 is 0 Å². The van der Waals surface area contributed by atoms with Crippen LogP contribution in [0.1, 0.15) is 37.9 Å². The Bertz CT molecular complexity index is 1070. The smallest absolute Gasteiger partial charge is 0.130 e. The van der Waals surface area contributed by atoms with E-state index >= 15 is 0 Å². The number of hydrogen-bond acceptors (Lipinski definition) is 4. The van der Waals surface area contributed by atoms with Crippen LogP contribution in [0, 0.1) is 6.92 Å². The second-order valence-electron chi connectivity index (χ2n) is 8.43. The van der Waals surface area contributed by atoms with Crippen LogP contribution < -0.4 is 5.32 Å². The predicted octanol–water partition coefficient (Wildman–Crippen LogP) is 4.89. The van der Waals surface area contributed by atoms with Gasteiger partial charge in [0.25, 0.3) is 0 Å². The third-order valence-electron chi connectivity index (χ3n) is 6.27. The number of anilines is 1. The van der Waals surface area contributed by atoms with E-state index in [2.05, 4.69) is 51.1 Å². The van der Waals surface area contributed by atoms with E-state index < -0.39 is 0 Å². The molecular formula is C24H29N5. The van der Waals surface area contributed by atoms with E-state index in [1.165, 1.54) is 61.8 Å². The molecule has 0 unspecified atom stereocenters. The van der Waals surface area contributed by atoms with Crippen LogP contribution in [0.2, 0.25) is 0 Å². The number of aryl methyl sites for hydroxylation is 1. The summed E-state index contributed by atoms with van der Waals surface area (Å²) >= 11 is 0. The highest BCUT2D eigenvalue weighted by atomic mass is 15.2. The van der Waals surface area contributed by atoms with Crippen molar-refractivity contribution in [3.05, 3.63) is 53.8 Å². The molecule has 1 aliphatic heterocycles. The number of rotatable bonds is 5. The lowest BCUT2D eigenvalue weighted by molar-refractivity contribution is 0.247. The number of imidazole rings is 1. The average molecular weight is 388 g/mol. The number of allylic oxidation sites excluding steroid dienone is 1. The summed E-state index contributed by atoms with van der Waals surface area (Å²) in [7, 11) is 2.07. The van der Waals surface area contributed by atoms with Gasteiger partial charge >= 0.3 is 0 Å². The molecule has 5 nitrogen and oxygen atoms in total. The lowest BCUT2D eigenvalue weighted by Gasteiger charge is -2.27. The van der Waals surface area contributed by atoms with Crippen molar-refractivity contribution in [3.63, 3.8) is 0 Å². The summed E-state index contributed by atoms with van der Waals surface area (Å²) in [5.74, 6) is 1.97. The fraction of sp³-hybridized carbons (Fsp3) is 0.417. The van der Waals surface area contributed by atoms with E-state index in [1.54, 1.807) is 5.57 Å². The van der Waals surface area contributed by atoms with Crippen molar-refractivity contribution in [2.24, 2.45) is 7.05 Å². The van der Waals surface area contributed by atoms with Crippen molar-refractivity contribution in [2.75, 3.05) is 25.0 Å². The molecular weight excluding hydrogens is 358 g/mol. The summed E-state index contributed by atoms with van der Waals surface area (Å²) in [4.78, 5) is 11.7. The van der Waals surface area contributed by atoms with Crippen LogP contribution in [0.4, 0.5) is 5.82 Å². The highest BCUT2D eigenvalue weighted by molar-refractivity contribution is 5.88. The van der Waals surface area contributed by atoms with Crippen LogP contribution in [-0.2, 0) is 7.05 Å². The van der Waals surface area contributed by atoms with Crippen molar-refractivity contribution in [1.82, 2.24) is 19.4 Å². The van der Waals surface area contributed by atoms with Crippen molar-refractivity contribution in [3.8, 4) is 11.3 Å². The minimum absolute atomic E-state index is 0.947. The summed E-state index contributed by atoms with van der Waals surface area (Å²) in [6.45, 7) is 5.50. The Balaban J connectivity index is 1.41. The number of piperidine rings is 1. The Kier molecular flexibility index (Phi) is 4.84. The Morgan fingerprint density at radius 1 is 1.00 bits per heavy atom.